The Hall–Kier alpha value is -1.86. The van der Waals surface area contributed by atoms with E-state index in [0.717, 1.165) is 0 Å². The molecule has 0 radical (unpaired) electrons. The van der Waals surface area contributed by atoms with Crippen molar-refractivity contribution in [2.24, 2.45) is 0 Å². The highest BCUT2D eigenvalue weighted by Gasteiger charge is 2.18. The number of aliphatic hydroxyl groups excluding tert-OH is 1. The molecule has 0 fully saturated rings. The summed E-state index contributed by atoms with van der Waals surface area (Å²) in [5, 5.41) is 23.9. The van der Waals surface area contributed by atoms with E-state index in [1.165, 1.54) is 19.2 Å². The van der Waals surface area contributed by atoms with Crippen LogP contribution in [0.15, 0.2) is 18.2 Å². The number of benzene rings is 1. The van der Waals surface area contributed by atoms with Crippen LogP contribution in [-0.2, 0) is 0 Å². The lowest BCUT2D eigenvalue weighted by atomic mass is 10.1. The van der Waals surface area contributed by atoms with Crippen molar-refractivity contribution in [3.63, 3.8) is 0 Å². The van der Waals surface area contributed by atoms with Gasteiger partial charge in [0, 0.05) is 12.1 Å². The van der Waals surface area contributed by atoms with Crippen LogP contribution in [0.1, 0.15) is 20.8 Å². The van der Waals surface area contributed by atoms with Crippen molar-refractivity contribution in [2.75, 3.05) is 20.3 Å². The molecule has 0 heterocycles. The normalized spacial score (nSPS) is 12.8. The van der Waals surface area contributed by atoms with E-state index in [-0.39, 0.29) is 23.6 Å². The zero-order chi connectivity index (χ0) is 16.0. The molecule has 7 nitrogen and oxygen atoms in total. The largest absolute Gasteiger partial charge is 0.496 e. The van der Waals surface area contributed by atoms with Gasteiger partial charge in [-0.15, -0.1) is 0 Å². The van der Waals surface area contributed by atoms with Crippen molar-refractivity contribution in [1.82, 2.24) is 5.32 Å². The number of hydrogen-bond donors (Lipinski definition) is 2. The molecular weight excluding hydrogens is 276 g/mol. The number of nitro groups is 1. The number of ether oxygens (including phenoxy) is 2. The molecule has 0 aliphatic heterocycles. The number of hydrogen-bond acceptors (Lipinski definition) is 6. The first kappa shape index (κ1) is 17.2. The summed E-state index contributed by atoms with van der Waals surface area (Å²) in [6, 6.07) is 4.32. The predicted octanol–water partition coefficient (Wildman–Crippen LogP) is 1.73. The van der Waals surface area contributed by atoms with Crippen molar-refractivity contribution in [1.29, 1.82) is 0 Å². The SMILES string of the molecule is COc1ccc(OCC(O)CNC(C)(C)C)c([N+](=O)[O-])c1. The highest BCUT2D eigenvalue weighted by molar-refractivity contribution is 5.50. The Morgan fingerprint density at radius 2 is 2.10 bits per heavy atom. The molecule has 1 aromatic rings. The minimum Gasteiger partial charge on any atom is -0.496 e. The first-order chi connectivity index (χ1) is 9.73. The minimum absolute atomic E-state index is 0.0315. The summed E-state index contributed by atoms with van der Waals surface area (Å²) in [6.45, 7) is 6.25. The van der Waals surface area contributed by atoms with E-state index >= 15 is 0 Å². The van der Waals surface area contributed by atoms with Crippen molar-refractivity contribution < 1.29 is 19.5 Å². The second-order valence-corrected chi connectivity index (χ2v) is 5.69. The average molecular weight is 298 g/mol. The third-order valence-electron chi connectivity index (χ3n) is 2.66. The minimum atomic E-state index is -0.758. The number of β-amino-alcohol motifs (C(OH)–C–C–N with tert-alkyl or cyclic N) is 1. The molecule has 1 atom stereocenters. The summed E-state index contributed by atoms with van der Waals surface area (Å²) in [4.78, 5) is 10.4. The average Bonchev–Trinajstić information content (AvgIpc) is 2.41. The second kappa shape index (κ2) is 7.24. The Labute approximate surface area is 124 Å². The fraction of sp³-hybridized carbons (Fsp3) is 0.571. The van der Waals surface area contributed by atoms with Gasteiger partial charge in [-0.05, 0) is 32.9 Å². The van der Waals surface area contributed by atoms with Crippen LogP contribution in [-0.4, -0.2) is 41.9 Å². The zero-order valence-corrected chi connectivity index (χ0v) is 12.8. The topological polar surface area (TPSA) is 93.9 Å². The van der Waals surface area contributed by atoms with E-state index in [4.69, 9.17) is 9.47 Å². The molecular formula is C14H22N2O5. The Balaban J connectivity index is 2.64. The number of nitrogens with one attached hydrogen (secondary N) is 1. The van der Waals surface area contributed by atoms with Crippen molar-refractivity contribution in [3.05, 3.63) is 28.3 Å². The molecule has 1 aromatic carbocycles. The van der Waals surface area contributed by atoms with E-state index in [2.05, 4.69) is 5.32 Å². The van der Waals surface area contributed by atoms with Gasteiger partial charge in [0.1, 0.15) is 18.5 Å². The smallest absolute Gasteiger partial charge is 0.314 e. The van der Waals surface area contributed by atoms with Gasteiger partial charge in [0.2, 0.25) is 0 Å². The number of nitro benzene ring substituents is 1. The molecule has 1 unspecified atom stereocenters. The van der Waals surface area contributed by atoms with Gasteiger partial charge in [-0.3, -0.25) is 10.1 Å². The molecule has 0 saturated carbocycles. The molecule has 0 amide bonds. The molecule has 0 aliphatic carbocycles. The molecule has 7 heteroatoms. The van der Waals surface area contributed by atoms with Crippen molar-refractivity contribution >= 4 is 5.69 Å². The van der Waals surface area contributed by atoms with E-state index < -0.39 is 11.0 Å². The molecule has 0 spiro atoms. The van der Waals surface area contributed by atoms with Gasteiger partial charge in [0.25, 0.3) is 0 Å². The van der Waals surface area contributed by atoms with Gasteiger partial charge in [-0.2, -0.15) is 0 Å². The zero-order valence-electron chi connectivity index (χ0n) is 12.8. The maximum atomic E-state index is 11.0. The molecule has 0 bridgehead atoms. The van der Waals surface area contributed by atoms with Crippen LogP contribution in [0, 0.1) is 10.1 Å². The van der Waals surface area contributed by atoms with Gasteiger partial charge in [-0.1, -0.05) is 0 Å². The van der Waals surface area contributed by atoms with Crippen LogP contribution in [0.5, 0.6) is 11.5 Å². The van der Waals surface area contributed by atoms with Crippen LogP contribution in [0.2, 0.25) is 0 Å². The van der Waals surface area contributed by atoms with E-state index in [9.17, 15) is 15.2 Å². The second-order valence-electron chi connectivity index (χ2n) is 5.69. The highest BCUT2D eigenvalue weighted by Crippen LogP contribution is 2.31. The predicted molar refractivity (Wildman–Crippen MR) is 78.9 cm³/mol. The molecule has 0 saturated heterocycles. The van der Waals surface area contributed by atoms with Gasteiger partial charge in [-0.25, -0.2) is 0 Å². The Morgan fingerprint density at radius 3 is 2.62 bits per heavy atom. The summed E-state index contributed by atoms with van der Waals surface area (Å²) >= 11 is 0. The van der Waals surface area contributed by atoms with Gasteiger partial charge in [0.05, 0.1) is 18.1 Å². The quantitative estimate of drug-likeness (QED) is 0.588. The standard InChI is InChI=1S/C14H22N2O5/c1-14(2,3)15-8-10(17)9-21-13-6-5-11(20-4)7-12(13)16(18)19/h5-7,10,15,17H,8-9H2,1-4H3. The van der Waals surface area contributed by atoms with E-state index in [1.54, 1.807) is 6.07 Å². The maximum Gasteiger partial charge on any atom is 0.314 e. The lowest BCUT2D eigenvalue weighted by Crippen LogP contribution is -2.42. The molecule has 1 rings (SSSR count). The Bertz CT molecular complexity index is 485. The fourth-order valence-corrected chi connectivity index (χ4v) is 1.56. The monoisotopic (exact) mass is 298 g/mol. The lowest BCUT2D eigenvalue weighted by molar-refractivity contribution is -0.386. The van der Waals surface area contributed by atoms with E-state index in [0.29, 0.717) is 12.3 Å². The number of rotatable bonds is 7. The lowest BCUT2D eigenvalue weighted by Gasteiger charge is -2.22. The third-order valence-corrected chi connectivity index (χ3v) is 2.66. The van der Waals surface area contributed by atoms with Gasteiger partial charge >= 0.3 is 5.69 Å². The molecule has 2 N–H and O–H groups in total. The number of methoxy groups -OCH3 is 1. The van der Waals surface area contributed by atoms with Gasteiger partial charge < -0.3 is 19.9 Å². The number of nitrogens with zero attached hydrogens (tertiary/aromatic N) is 1. The highest BCUT2D eigenvalue weighted by atomic mass is 16.6. The summed E-state index contributed by atoms with van der Waals surface area (Å²) in [5.41, 5.74) is -0.307. The third kappa shape index (κ3) is 5.97. The summed E-state index contributed by atoms with van der Waals surface area (Å²) in [6.07, 6.45) is -0.758. The van der Waals surface area contributed by atoms with E-state index in [1.807, 2.05) is 20.8 Å². The van der Waals surface area contributed by atoms with Gasteiger partial charge in [0.15, 0.2) is 5.75 Å². The van der Waals surface area contributed by atoms with Crippen LogP contribution < -0.4 is 14.8 Å². The van der Waals surface area contributed by atoms with Crippen LogP contribution in [0.4, 0.5) is 5.69 Å². The van der Waals surface area contributed by atoms with Crippen molar-refractivity contribution in [3.8, 4) is 11.5 Å². The first-order valence-electron chi connectivity index (χ1n) is 6.61. The maximum absolute atomic E-state index is 11.0. The van der Waals surface area contributed by atoms with Crippen LogP contribution in [0.3, 0.4) is 0 Å². The molecule has 0 aromatic heterocycles. The molecule has 0 aliphatic rings. The summed E-state index contributed by atoms with van der Waals surface area (Å²) < 4.78 is 10.3. The molecule has 118 valence electrons. The Morgan fingerprint density at radius 1 is 1.43 bits per heavy atom. The first-order valence-corrected chi connectivity index (χ1v) is 6.61. The summed E-state index contributed by atoms with van der Waals surface area (Å²) in [5.74, 6) is 0.486. The van der Waals surface area contributed by atoms with Crippen LogP contribution in [0.25, 0.3) is 0 Å². The van der Waals surface area contributed by atoms with Crippen LogP contribution >= 0.6 is 0 Å². The molecule has 21 heavy (non-hydrogen) atoms. The fourth-order valence-electron chi connectivity index (χ4n) is 1.56. The number of aliphatic hydroxyl groups is 1. The Kier molecular flexibility index (Phi) is 5.92. The summed E-state index contributed by atoms with van der Waals surface area (Å²) in [7, 11) is 1.43. The van der Waals surface area contributed by atoms with Crippen molar-refractivity contribution in [2.45, 2.75) is 32.4 Å².